The lowest BCUT2D eigenvalue weighted by atomic mass is 10.3. The average Bonchev–Trinajstić information content (AvgIpc) is 2.50. The van der Waals surface area contributed by atoms with Crippen LogP contribution in [-0.4, -0.2) is 18.2 Å². The third-order valence-electron chi connectivity index (χ3n) is 1.67. The summed E-state index contributed by atoms with van der Waals surface area (Å²) in [5.74, 6) is 0. The first-order valence-corrected chi connectivity index (χ1v) is 8.03. The molecule has 0 aliphatic heterocycles. The van der Waals surface area contributed by atoms with Gasteiger partial charge in [0.1, 0.15) is 5.58 Å². The monoisotopic (exact) mass is 220 g/mol. The fourth-order valence-corrected chi connectivity index (χ4v) is 2.65. The number of hydrogen-bond acceptors (Lipinski definition) is 1. The predicted molar refractivity (Wildman–Crippen MR) is 50.5 cm³/mol. The number of fused-ring (bicyclic) bond motifs is 1. The van der Waals surface area contributed by atoms with Gasteiger partial charge in [-0.2, -0.15) is 3.69 Å². The topological polar surface area (TPSA) is 13.1 Å². The summed E-state index contributed by atoms with van der Waals surface area (Å²) in [7, 11) is 0. The SMILES string of the molecule is [Br][Mg][c]1ccc2occc2c1. The maximum Gasteiger partial charge on any atom is 0.506 e. The van der Waals surface area contributed by atoms with Gasteiger partial charge in [0.25, 0.3) is 0 Å². The summed E-state index contributed by atoms with van der Waals surface area (Å²) in [4.78, 5) is 0. The van der Waals surface area contributed by atoms with Crippen molar-refractivity contribution in [1.29, 1.82) is 0 Å². The van der Waals surface area contributed by atoms with Crippen LogP contribution >= 0.6 is 12.9 Å². The minimum atomic E-state index is -0.205. The lowest BCUT2D eigenvalue weighted by molar-refractivity contribution is 0.616. The van der Waals surface area contributed by atoms with Gasteiger partial charge in [0.2, 0.25) is 0 Å². The Morgan fingerprint density at radius 2 is 2.18 bits per heavy atom. The summed E-state index contributed by atoms with van der Waals surface area (Å²) in [6.07, 6.45) is 1.73. The zero-order chi connectivity index (χ0) is 7.68. The molecule has 0 spiro atoms. The average molecular weight is 221 g/mol. The minimum Gasteiger partial charge on any atom is -0.464 e. The van der Waals surface area contributed by atoms with Gasteiger partial charge in [0.15, 0.2) is 0 Å². The minimum absolute atomic E-state index is 0.205. The third-order valence-corrected chi connectivity index (χ3v) is 4.36. The molecule has 0 N–H and O–H groups in total. The fraction of sp³-hybridized carbons (Fsp3) is 0. The first kappa shape index (κ1) is 7.64. The molecule has 0 atom stereocenters. The lowest BCUT2D eigenvalue weighted by Crippen LogP contribution is -2.05. The zero-order valence-corrected chi connectivity index (χ0v) is 8.88. The Bertz CT molecular complexity index is 369. The van der Waals surface area contributed by atoms with E-state index in [2.05, 4.69) is 25.0 Å². The molecule has 0 aliphatic rings. The van der Waals surface area contributed by atoms with Crippen molar-refractivity contribution in [1.82, 2.24) is 0 Å². The van der Waals surface area contributed by atoms with E-state index < -0.39 is 0 Å². The van der Waals surface area contributed by atoms with Gasteiger partial charge in [-0.15, -0.1) is 0 Å². The molecule has 0 saturated heterocycles. The molecule has 3 heteroatoms. The highest BCUT2D eigenvalue weighted by molar-refractivity contribution is 9.23. The molecule has 1 heterocycles. The first-order chi connectivity index (χ1) is 5.40. The predicted octanol–water partition coefficient (Wildman–Crippen LogP) is 2.07. The van der Waals surface area contributed by atoms with Crippen LogP contribution in [0.3, 0.4) is 0 Å². The van der Waals surface area contributed by atoms with E-state index in [1.54, 1.807) is 6.26 Å². The highest BCUT2D eigenvalue weighted by Gasteiger charge is 1.98. The van der Waals surface area contributed by atoms with Crippen LogP contribution in [0.4, 0.5) is 0 Å². The van der Waals surface area contributed by atoms with Crippen LogP contribution < -0.4 is 3.69 Å². The van der Waals surface area contributed by atoms with Gasteiger partial charge in [-0.05, 0) is 12.1 Å². The van der Waals surface area contributed by atoms with Crippen molar-refractivity contribution >= 4 is 45.7 Å². The van der Waals surface area contributed by atoms with Crippen LogP contribution in [0.25, 0.3) is 11.0 Å². The number of hydrogen-bond donors (Lipinski definition) is 0. The molecule has 1 nitrogen and oxygen atoms in total. The van der Waals surface area contributed by atoms with Crippen molar-refractivity contribution in [3.8, 4) is 0 Å². The largest absolute Gasteiger partial charge is 0.506 e. The van der Waals surface area contributed by atoms with Crippen LogP contribution in [-0.2, 0) is 0 Å². The summed E-state index contributed by atoms with van der Waals surface area (Å²) >= 11 is 3.34. The van der Waals surface area contributed by atoms with Gasteiger partial charge in [0.05, 0.1) is 6.26 Å². The molecule has 0 radical (unpaired) electrons. The molecule has 0 amide bonds. The molecule has 2 rings (SSSR count). The molecule has 2 aromatic rings. The molecule has 0 fully saturated rings. The van der Waals surface area contributed by atoms with Gasteiger partial charge in [-0.3, -0.25) is 12.9 Å². The van der Waals surface area contributed by atoms with Gasteiger partial charge in [-0.25, -0.2) is 0 Å². The summed E-state index contributed by atoms with van der Waals surface area (Å²) in [5.41, 5.74) is 0.976. The molecule has 0 saturated carbocycles. The van der Waals surface area contributed by atoms with E-state index in [0.717, 1.165) is 5.58 Å². The smallest absolute Gasteiger partial charge is 0.464 e. The van der Waals surface area contributed by atoms with Crippen molar-refractivity contribution < 1.29 is 4.42 Å². The maximum atomic E-state index is 5.22. The van der Waals surface area contributed by atoms with Crippen LogP contribution in [0, 0.1) is 0 Å². The second kappa shape index (κ2) is 3.17. The molecular weight excluding hydrogens is 216 g/mol. The lowest BCUT2D eigenvalue weighted by Gasteiger charge is -1.92. The summed E-state index contributed by atoms with van der Waals surface area (Å²) in [6, 6.07) is 8.32. The van der Waals surface area contributed by atoms with Gasteiger partial charge in [-0.1, -0.05) is 12.1 Å². The first-order valence-electron chi connectivity index (χ1n) is 3.42. The molecule has 1 aromatic carbocycles. The Labute approximate surface area is 80.4 Å². The second-order valence-electron chi connectivity index (χ2n) is 2.43. The Balaban J connectivity index is 2.67. The summed E-state index contributed by atoms with van der Waals surface area (Å²) < 4.78 is 6.63. The van der Waals surface area contributed by atoms with Gasteiger partial charge >= 0.3 is 18.2 Å². The van der Waals surface area contributed by atoms with Crippen molar-refractivity contribution in [2.75, 3.05) is 0 Å². The van der Waals surface area contributed by atoms with Crippen molar-refractivity contribution in [2.45, 2.75) is 0 Å². The van der Waals surface area contributed by atoms with Crippen molar-refractivity contribution in [2.24, 2.45) is 0 Å². The quantitative estimate of drug-likeness (QED) is 0.672. The standard InChI is InChI=1S/C8H5O.BrH.Mg/c1-2-4-8-7(3-1)5-6-9-8;;/h2-6H;1H;/q;;+1/p-1. The Kier molecular flexibility index (Phi) is 2.20. The molecule has 0 unspecified atom stereocenters. The zero-order valence-electron chi connectivity index (χ0n) is 5.88. The number of halogens is 1. The van der Waals surface area contributed by atoms with E-state index in [-0.39, 0.29) is 18.2 Å². The van der Waals surface area contributed by atoms with E-state index in [9.17, 15) is 0 Å². The highest BCUT2D eigenvalue weighted by Crippen LogP contribution is 2.12. The normalized spacial score (nSPS) is 9.91. The van der Waals surface area contributed by atoms with Crippen LogP contribution in [0.1, 0.15) is 0 Å². The van der Waals surface area contributed by atoms with Crippen molar-refractivity contribution in [3.63, 3.8) is 0 Å². The van der Waals surface area contributed by atoms with Gasteiger partial charge < -0.3 is 4.42 Å². The molecule has 0 aliphatic carbocycles. The molecule has 11 heavy (non-hydrogen) atoms. The van der Waals surface area contributed by atoms with Crippen molar-refractivity contribution in [3.05, 3.63) is 30.5 Å². The molecule has 0 bridgehead atoms. The molecule has 1 aromatic heterocycles. The van der Waals surface area contributed by atoms with Crippen LogP contribution in [0.15, 0.2) is 34.9 Å². The second-order valence-corrected chi connectivity index (χ2v) is 5.19. The van der Waals surface area contributed by atoms with Gasteiger partial charge in [0, 0.05) is 5.39 Å². The van der Waals surface area contributed by atoms with Crippen LogP contribution in [0.2, 0.25) is 0 Å². The van der Waals surface area contributed by atoms with E-state index >= 15 is 0 Å². The fourth-order valence-electron chi connectivity index (χ4n) is 1.10. The Morgan fingerprint density at radius 1 is 1.27 bits per heavy atom. The van der Waals surface area contributed by atoms with E-state index in [0.29, 0.717) is 0 Å². The maximum absolute atomic E-state index is 5.22. The highest BCUT2D eigenvalue weighted by atomic mass is 79.9. The number of furan rings is 1. The summed E-state index contributed by atoms with van der Waals surface area (Å²) in [6.45, 7) is 0. The van der Waals surface area contributed by atoms with E-state index in [1.807, 2.05) is 12.1 Å². The Morgan fingerprint density at radius 3 is 3.00 bits per heavy atom. The summed E-state index contributed by atoms with van der Waals surface area (Å²) in [5, 5.41) is 1.20. The Hall–Kier alpha value is 0.00623. The number of benzene rings is 1. The molecular formula is C8H5BrMgO. The molecule has 52 valence electrons. The van der Waals surface area contributed by atoms with E-state index in [4.69, 9.17) is 4.42 Å². The van der Waals surface area contributed by atoms with E-state index in [1.165, 1.54) is 9.08 Å². The number of rotatable bonds is 1. The van der Waals surface area contributed by atoms with Crippen LogP contribution in [0.5, 0.6) is 0 Å². The third kappa shape index (κ3) is 1.45.